The molecule has 28 aromatic rings. The summed E-state index contributed by atoms with van der Waals surface area (Å²) in [4.78, 5) is 21.4. The Labute approximate surface area is 810 Å². The fourth-order valence-electron chi connectivity index (χ4n) is 21.6. The molecule has 10 aromatic heterocycles. The van der Waals surface area contributed by atoms with Crippen LogP contribution in [0, 0.1) is 38.1 Å². The molecule has 0 amide bonds. The van der Waals surface area contributed by atoms with E-state index < -0.39 is 0 Å². The molecule has 0 bridgehead atoms. The summed E-state index contributed by atoms with van der Waals surface area (Å²) in [6, 6.07) is 150. The molecule has 0 aliphatic carbocycles. The Balaban J connectivity index is 0.000000143. The van der Waals surface area contributed by atoms with Crippen LogP contribution in [-0.4, -0.2) is 65.3 Å². The first-order valence-electron chi connectivity index (χ1n) is 45.9. The normalized spacial score (nSPS) is 12.1. The van der Waals surface area contributed by atoms with Gasteiger partial charge in [-0.15, -0.1) is 70.1 Å². The number of imidazole rings is 6. The average Bonchev–Trinajstić information content (AvgIpc) is 1.54. The van der Waals surface area contributed by atoms with Gasteiger partial charge in [0.2, 0.25) is 23.5 Å². The average molecular weight is 2110 g/mol. The van der Waals surface area contributed by atoms with Crippen LogP contribution in [-0.2, 0) is 42.1 Å². The largest absolute Gasteiger partial charge is 2.00 e. The van der Waals surface area contributed by atoms with Crippen LogP contribution in [0.1, 0.15) is 61.8 Å². The maximum absolute atomic E-state index is 5.60. The number of aromatic nitrogens is 14. The van der Waals surface area contributed by atoms with Crippen molar-refractivity contribution in [3.05, 3.63) is 423 Å². The summed E-state index contributed by atoms with van der Waals surface area (Å²) in [7, 11) is 0. The Morgan fingerprint density at radius 1 is 0.213 bits per heavy atom. The van der Waals surface area contributed by atoms with E-state index in [4.69, 9.17) is 19.9 Å². The third-order valence-corrected chi connectivity index (χ3v) is 27.5. The third-order valence-electron chi connectivity index (χ3n) is 27.5. The van der Waals surface area contributed by atoms with Gasteiger partial charge in [-0.2, -0.15) is 24.3 Å². The zero-order valence-corrected chi connectivity index (χ0v) is 79.4. The van der Waals surface area contributed by atoms with Crippen molar-refractivity contribution >= 4 is 165 Å². The van der Waals surface area contributed by atoms with Gasteiger partial charge < -0.3 is 27.4 Å². The van der Waals surface area contributed by atoms with Crippen molar-refractivity contribution in [3.8, 4) is 68.3 Å². The summed E-state index contributed by atoms with van der Waals surface area (Å²) in [5.41, 5.74) is 36.2. The third kappa shape index (κ3) is 12.3. The van der Waals surface area contributed by atoms with Crippen molar-refractivity contribution in [2.45, 2.75) is 53.4 Å². The SMILES string of the molecule is CC(C)c1cc(-c2ccccc2)cc(C(C)C)c1-n1c(-n2c3[c-]c4c(cc3c3ccccc32)c2ccccc2n4-c2[c-]c(-n3c4ccccc4n4c5ccccc5nc34)ccc2)nc2ccccc21.Cc1cc(-c2ccccc2)cc(C)c1-n1c(-n2c3[c-]c4c(cc3c3ccccc32)c2ccccc2n4-c2[c-]c(-n3c4ccccc4n4c5ccccc5nc34)ccc2)nc2ccccc21.[Pt+2].[Pt+2]. The first-order chi connectivity index (χ1) is 66.0. The van der Waals surface area contributed by atoms with Crippen LogP contribution in [0.4, 0.5) is 0 Å². The van der Waals surface area contributed by atoms with E-state index in [-0.39, 0.29) is 54.0 Å². The van der Waals surface area contributed by atoms with E-state index in [0.29, 0.717) is 0 Å². The Morgan fingerprint density at radius 3 is 0.875 bits per heavy atom. The van der Waals surface area contributed by atoms with Crippen LogP contribution in [0.15, 0.2) is 376 Å². The molecule has 0 fully saturated rings. The van der Waals surface area contributed by atoms with Gasteiger partial charge in [0.25, 0.3) is 0 Å². The van der Waals surface area contributed by atoms with Gasteiger partial charge in [-0.05, 0) is 213 Å². The summed E-state index contributed by atoms with van der Waals surface area (Å²) >= 11 is 0. The number of benzene rings is 18. The van der Waals surface area contributed by atoms with Gasteiger partial charge in [0, 0.05) is 22.1 Å². The zero-order valence-electron chi connectivity index (χ0n) is 74.8. The summed E-state index contributed by atoms with van der Waals surface area (Å²) in [6.07, 6.45) is 0. The monoisotopic (exact) mass is 2110 g/mol. The summed E-state index contributed by atoms with van der Waals surface area (Å²) < 4.78 is 23.1. The molecule has 0 radical (unpaired) electrons. The number of hydrogen-bond donors (Lipinski definition) is 0. The number of aryl methyl sites for hydroxylation is 2. The minimum absolute atomic E-state index is 0. The van der Waals surface area contributed by atoms with Crippen molar-refractivity contribution in [2.75, 3.05) is 0 Å². The van der Waals surface area contributed by atoms with Gasteiger partial charge in [-0.1, -0.05) is 279 Å². The predicted molar refractivity (Wildman–Crippen MR) is 550 cm³/mol. The van der Waals surface area contributed by atoms with Gasteiger partial charge in [-0.3, -0.25) is 17.9 Å². The first-order valence-corrected chi connectivity index (χ1v) is 45.9. The first kappa shape index (κ1) is 82.0. The maximum atomic E-state index is 5.60. The Bertz CT molecular complexity index is 9730. The van der Waals surface area contributed by atoms with Gasteiger partial charge >= 0.3 is 42.1 Å². The Morgan fingerprint density at radius 2 is 0.500 bits per heavy atom. The maximum Gasteiger partial charge on any atom is 2.00 e. The van der Waals surface area contributed by atoms with Gasteiger partial charge in [0.05, 0.1) is 77.6 Å². The number of hydrogen-bond acceptors (Lipinski definition) is 4. The van der Waals surface area contributed by atoms with Crippen LogP contribution in [0.25, 0.3) is 233 Å². The van der Waals surface area contributed by atoms with Crippen LogP contribution < -0.4 is 0 Å². The second-order valence-corrected chi connectivity index (χ2v) is 35.9. The second kappa shape index (κ2) is 31.9. The molecular weight excluding hydrogens is 2030 g/mol. The molecule has 14 nitrogen and oxygen atoms in total. The molecule has 28 rings (SSSR count). The molecule has 0 spiro atoms. The van der Waals surface area contributed by atoms with Crippen LogP contribution >= 0.6 is 0 Å². The second-order valence-electron chi connectivity index (χ2n) is 35.9. The molecule has 16 heteroatoms. The molecule has 0 aliphatic rings. The van der Waals surface area contributed by atoms with Gasteiger partial charge in [-0.25, -0.2) is 19.9 Å². The van der Waals surface area contributed by atoms with E-state index in [9.17, 15) is 0 Å². The molecule has 0 saturated carbocycles. The van der Waals surface area contributed by atoms with Crippen molar-refractivity contribution in [3.63, 3.8) is 0 Å². The van der Waals surface area contributed by atoms with Crippen LogP contribution in [0.2, 0.25) is 0 Å². The van der Waals surface area contributed by atoms with Gasteiger partial charge in [0.1, 0.15) is 0 Å². The molecule has 10 heterocycles. The van der Waals surface area contributed by atoms with Crippen molar-refractivity contribution in [1.29, 1.82) is 0 Å². The Hall–Kier alpha value is -16.0. The van der Waals surface area contributed by atoms with Gasteiger partial charge in [0.15, 0.2) is 0 Å². The predicted octanol–water partition coefficient (Wildman–Crippen LogP) is 29.3. The minimum atomic E-state index is 0. The van der Waals surface area contributed by atoms with Crippen molar-refractivity contribution in [1.82, 2.24) is 65.3 Å². The smallest absolute Gasteiger partial charge is 0.358 e. The fourth-order valence-corrected chi connectivity index (χ4v) is 21.6. The van der Waals surface area contributed by atoms with E-state index in [1.165, 1.54) is 50.2 Å². The Kier molecular flexibility index (Phi) is 19.2. The standard InChI is InChI=1S/C62H45N7.C58H37N7.2Pt/c1-38(2)46-33-41(40-19-6-5-7-20-40)34-47(39(3)4)60(46)69-55-30-15-11-26-51(55)64-62(69)67-53-28-13-9-24-45(53)49-36-48-44-23-8-12-27-52(44)65(58(48)37-59(49)67)42-21-18-22-43(35-42)66-56-31-16-17-32-57(56)68-54-29-14-10-25-50(54)63-61(66)68;1-36-31-39(38-17-4-3-5-18-38)32-37(2)56(36)65-51-28-13-9-24-47(51)60-58(65)63-49-26-11-7-22-43(49)45-34-44-42-21-6-10-25-48(42)61(54(44)35-55(45)63)40-19-16-20-41(33-40)62-52-29-14-15-30-53(52)64-50-27-12-8-23-46(50)59-57(62)64;;/h5-34,36,38-39H,1-4H3;3-32,34H,1-2H3;;/q2*-2;2*+2. The number of para-hydroxylation sites is 16. The summed E-state index contributed by atoms with van der Waals surface area (Å²) in [6.45, 7) is 13.7. The number of nitrogens with zero attached hydrogens (tertiary/aromatic N) is 14. The van der Waals surface area contributed by atoms with Crippen LogP contribution in [0.3, 0.4) is 0 Å². The zero-order chi connectivity index (χ0) is 89.0. The molecule has 18 aromatic carbocycles. The van der Waals surface area contributed by atoms with E-state index in [2.05, 4.69) is 475 Å². The molecule has 136 heavy (non-hydrogen) atoms. The van der Waals surface area contributed by atoms with E-state index in [1.54, 1.807) is 0 Å². The van der Waals surface area contributed by atoms with E-state index in [0.717, 1.165) is 205 Å². The van der Waals surface area contributed by atoms with E-state index >= 15 is 0 Å². The minimum Gasteiger partial charge on any atom is -0.358 e. The van der Waals surface area contributed by atoms with E-state index in [1.807, 2.05) is 12.1 Å². The number of fused-ring (bicyclic) bond motifs is 24. The fraction of sp³-hybridized carbons (Fsp3) is 0.0667. The molecule has 0 aliphatic heterocycles. The summed E-state index contributed by atoms with van der Waals surface area (Å²) in [5, 5.41) is 9.10. The molecule has 0 unspecified atom stereocenters. The molecular formula is C120H82N14Pt2. The molecule has 652 valence electrons. The summed E-state index contributed by atoms with van der Waals surface area (Å²) in [5.74, 6) is 3.82. The molecule has 0 atom stereocenters. The van der Waals surface area contributed by atoms with Crippen molar-refractivity contribution < 1.29 is 42.1 Å². The quantitative estimate of drug-likeness (QED) is 0.114. The number of rotatable bonds is 12. The molecule has 0 N–H and O–H groups in total. The topological polar surface area (TPSA) is 99.8 Å². The molecule has 0 saturated heterocycles. The van der Waals surface area contributed by atoms with Crippen LogP contribution in [0.5, 0.6) is 0 Å². The van der Waals surface area contributed by atoms with Crippen molar-refractivity contribution in [2.24, 2.45) is 0 Å².